The molecule has 0 radical (unpaired) electrons. The second kappa shape index (κ2) is 4.07. The lowest BCUT2D eigenvalue weighted by atomic mass is 9.99. The van der Waals surface area contributed by atoms with E-state index >= 15 is 0 Å². The molecule has 0 bridgehead atoms. The van der Waals surface area contributed by atoms with Gasteiger partial charge in [0.1, 0.15) is 5.76 Å². The van der Waals surface area contributed by atoms with Gasteiger partial charge in [-0.25, -0.2) is 0 Å². The number of fused-ring (bicyclic) bond motifs is 1. The van der Waals surface area contributed by atoms with E-state index in [0.29, 0.717) is 0 Å². The van der Waals surface area contributed by atoms with Gasteiger partial charge in [0.15, 0.2) is 0 Å². The number of hydrogen-bond donors (Lipinski definition) is 1. The van der Waals surface area contributed by atoms with Crippen LogP contribution in [0.15, 0.2) is 28.9 Å². The van der Waals surface area contributed by atoms with Gasteiger partial charge in [0.25, 0.3) is 0 Å². The fourth-order valence-corrected chi connectivity index (χ4v) is 3.54. The maximum absolute atomic E-state index is 6.19. The summed E-state index contributed by atoms with van der Waals surface area (Å²) in [6, 6.07) is 6.02. The Morgan fingerprint density at radius 2 is 2.19 bits per heavy atom. The van der Waals surface area contributed by atoms with Gasteiger partial charge in [0, 0.05) is 9.75 Å². The average Bonchev–Trinajstić information content (AvgIpc) is 2.97. The summed E-state index contributed by atoms with van der Waals surface area (Å²) in [7, 11) is 0. The van der Waals surface area contributed by atoms with Crippen molar-refractivity contribution in [3.63, 3.8) is 0 Å². The van der Waals surface area contributed by atoms with Crippen LogP contribution in [0.5, 0.6) is 0 Å². The summed E-state index contributed by atoms with van der Waals surface area (Å²) in [6.07, 6.45) is 6.77. The molecule has 0 saturated heterocycles. The second-order valence-corrected chi connectivity index (χ2v) is 5.47. The fourth-order valence-electron chi connectivity index (χ4n) is 2.28. The van der Waals surface area contributed by atoms with Crippen molar-refractivity contribution in [2.75, 3.05) is 0 Å². The third kappa shape index (κ3) is 1.70. The van der Waals surface area contributed by atoms with E-state index in [1.165, 1.54) is 41.0 Å². The first-order valence-electron chi connectivity index (χ1n) is 5.75. The SMILES string of the molecule is NC(c1ccco1)c1cc2c(s1)CCCC2. The predicted octanol–water partition coefficient (Wildman–Crippen LogP) is 3.27. The number of hydrogen-bond acceptors (Lipinski definition) is 3. The van der Waals surface area contributed by atoms with Crippen LogP contribution in [-0.4, -0.2) is 0 Å². The minimum absolute atomic E-state index is 0.0920. The van der Waals surface area contributed by atoms with Crippen LogP contribution in [0.2, 0.25) is 0 Å². The quantitative estimate of drug-likeness (QED) is 0.864. The van der Waals surface area contributed by atoms with Crippen LogP contribution in [0, 0.1) is 0 Å². The van der Waals surface area contributed by atoms with Crippen molar-refractivity contribution in [3.05, 3.63) is 45.5 Å². The van der Waals surface area contributed by atoms with Gasteiger partial charge >= 0.3 is 0 Å². The van der Waals surface area contributed by atoms with Crippen molar-refractivity contribution in [1.82, 2.24) is 0 Å². The summed E-state index contributed by atoms with van der Waals surface area (Å²) in [5.74, 6) is 0.860. The molecule has 2 aromatic rings. The van der Waals surface area contributed by atoms with Crippen LogP contribution in [0.1, 0.15) is 40.0 Å². The molecular weight excluding hydrogens is 218 g/mol. The molecule has 1 aliphatic rings. The fraction of sp³-hybridized carbons (Fsp3) is 0.385. The molecule has 3 rings (SSSR count). The first kappa shape index (κ1) is 10.1. The Hall–Kier alpha value is -1.06. The zero-order chi connectivity index (χ0) is 11.0. The van der Waals surface area contributed by atoms with Crippen LogP contribution in [0.4, 0.5) is 0 Å². The standard InChI is InChI=1S/C13H15NOS/c14-13(10-5-3-7-15-10)12-8-9-4-1-2-6-11(9)16-12/h3,5,7-8,13H,1-2,4,6,14H2. The van der Waals surface area contributed by atoms with Crippen molar-refractivity contribution < 1.29 is 4.42 Å². The molecule has 1 aliphatic carbocycles. The number of rotatable bonds is 2. The maximum Gasteiger partial charge on any atom is 0.125 e. The van der Waals surface area contributed by atoms with Crippen LogP contribution in [0.3, 0.4) is 0 Å². The molecule has 0 saturated carbocycles. The molecule has 2 heterocycles. The topological polar surface area (TPSA) is 39.2 Å². The van der Waals surface area contributed by atoms with Crippen molar-refractivity contribution >= 4 is 11.3 Å². The van der Waals surface area contributed by atoms with E-state index in [-0.39, 0.29) is 6.04 Å². The van der Waals surface area contributed by atoms with E-state index in [1.54, 1.807) is 6.26 Å². The minimum atomic E-state index is -0.0920. The Kier molecular flexibility index (Phi) is 2.58. The van der Waals surface area contributed by atoms with Crippen molar-refractivity contribution in [3.8, 4) is 0 Å². The molecule has 16 heavy (non-hydrogen) atoms. The third-order valence-corrected chi connectivity index (χ3v) is 4.49. The van der Waals surface area contributed by atoms with Gasteiger partial charge in [0.2, 0.25) is 0 Å². The van der Waals surface area contributed by atoms with E-state index in [1.807, 2.05) is 23.5 Å². The van der Waals surface area contributed by atoms with E-state index in [2.05, 4.69) is 6.07 Å². The Labute approximate surface area is 99.1 Å². The van der Waals surface area contributed by atoms with Crippen LogP contribution in [0.25, 0.3) is 0 Å². The van der Waals surface area contributed by atoms with Crippen molar-refractivity contribution in [2.45, 2.75) is 31.7 Å². The summed E-state index contributed by atoms with van der Waals surface area (Å²) in [4.78, 5) is 2.77. The highest BCUT2D eigenvalue weighted by Crippen LogP contribution is 2.34. The molecule has 0 spiro atoms. The molecular formula is C13H15NOS. The largest absolute Gasteiger partial charge is 0.467 e. The van der Waals surface area contributed by atoms with Crippen molar-refractivity contribution in [2.24, 2.45) is 5.73 Å². The molecule has 0 fully saturated rings. The molecule has 0 aliphatic heterocycles. The smallest absolute Gasteiger partial charge is 0.125 e. The van der Waals surface area contributed by atoms with Crippen LogP contribution >= 0.6 is 11.3 Å². The summed E-state index contributed by atoms with van der Waals surface area (Å²) in [6.45, 7) is 0. The van der Waals surface area contributed by atoms with Crippen molar-refractivity contribution in [1.29, 1.82) is 0 Å². The summed E-state index contributed by atoms with van der Waals surface area (Å²) in [5, 5.41) is 0. The number of nitrogens with two attached hydrogens (primary N) is 1. The number of furan rings is 1. The van der Waals surface area contributed by atoms with E-state index in [0.717, 1.165) is 5.76 Å². The number of aryl methyl sites for hydroxylation is 2. The average molecular weight is 233 g/mol. The summed E-state index contributed by atoms with van der Waals surface area (Å²) >= 11 is 1.86. The van der Waals surface area contributed by atoms with E-state index < -0.39 is 0 Å². The van der Waals surface area contributed by atoms with Gasteiger partial charge in [-0.2, -0.15) is 0 Å². The van der Waals surface area contributed by atoms with Crippen LogP contribution in [-0.2, 0) is 12.8 Å². The third-order valence-electron chi connectivity index (χ3n) is 3.17. The van der Waals surface area contributed by atoms with Crippen LogP contribution < -0.4 is 5.73 Å². The van der Waals surface area contributed by atoms with E-state index in [4.69, 9.17) is 10.2 Å². The lowest BCUT2D eigenvalue weighted by molar-refractivity contribution is 0.492. The Balaban J connectivity index is 1.92. The summed E-state index contributed by atoms with van der Waals surface area (Å²) < 4.78 is 5.36. The van der Waals surface area contributed by atoms with Gasteiger partial charge in [-0.3, -0.25) is 0 Å². The first-order valence-corrected chi connectivity index (χ1v) is 6.57. The lowest BCUT2D eigenvalue weighted by Crippen LogP contribution is -2.08. The van der Waals surface area contributed by atoms with E-state index in [9.17, 15) is 0 Å². The Morgan fingerprint density at radius 3 is 2.94 bits per heavy atom. The summed E-state index contributed by atoms with van der Waals surface area (Å²) in [5.41, 5.74) is 7.70. The maximum atomic E-state index is 6.19. The highest BCUT2D eigenvalue weighted by molar-refractivity contribution is 7.12. The lowest BCUT2D eigenvalue weighted by Gasteiger charge is -2.08. The Bertz CT molecular complexity index is 449. The highest BCUT2D eigenvalue weighted by atomic mass is 32.1. The minimum Gasteiger partial charge on any atom is -0.467 e. The van der Waals surface area contributed by atoms with Gasteiger partial charge in [-0.1, -0.05) is 0 Å². The molecule has 2 aromatic heterocycles. The zero-order valence-corrected chi connectivity index (χ0v) is 9.93. The first-order chi connectivity index (χ1) is 7.84. The molecule has 1 unspecified atom stereocenters. The van der Waals surface area contributed by atoms with Gasteiger partial charge in [-0.15, -0.1) is 11.3 Å². The highest BCUT2D eigenvalue weighted by Gasteiger charge is 2.19. The molecule has 2 N–H and O–H groups in total. The van der Waals surface area contributed by atoms with Gasteiger partial charge < -0.3 is 10.2 Å². The second-order valence-electron chi connectivity index (χ2n) is 4.30. The molecule has 84 valence electrons. The molecule has 2 nitrogen and oxygen atoms in total. The normalized spacial score (nSPS) is 17.1. The predicted molar refractivity (Wildman–Crippen MR) is 65.7 cm³/mol. The van der Waals surface area contributed by atoms with Gasteiger partial charge in [0.05, 0.1) is 12.3 Å². The monoisotopic (exact) mass is 233 g/mol. The Morgan fingerprint density at radius 1 is 1.31 bits per heavy atom. The number of thiophene rings is 1. The molecule has 0 amide bonds. The molecule has 1 atom stereocenters. The molecule has 3 heteroatoms. The molecule has 0 aromatic carbocycles. The van der Waals surface area contributed by atoms with Gasteiger partial charge in [-0.05, 0) is 49.4 Å². The zero-order valence-electron chi connectivity index (χ0n) is 9.11.